The molecule has 0 aromatic rings. The van der Waals surface area contributed by atoms with Gasteiger partial charge in [0.05, 0.1) is 11.4 Å². The third-order valence-corrected chi connectivity index (χ3v) is 3.15. The fraction of sp³-hybridized carbons (Fsp3) is 0.286. The van der Waals surface area contributed by atoms with Gasteiger partial charge in [0.15, 0.2) is 0 Å². The maximum Gasteiger partial charge on any atom is 0.0650 e. The van der Waals surface area contributed by atoms with Crippen molar-refractivity contribution in [1.29, 1.82) is 0 Å². The molecule has 0 bridgehead atoms. The molecule has 82 valence electrons. The third-order valence-electron chi connectivity index (χ3n) is 3.15. The molecule has 3 heterocycles. The van der Waals surface area contributed by atoms with Crippen molar-refractivity contribution in [3.8, 4) is 0 Å². The summed E-state index contributed by atoms with van der Waals surface area (Å²) >= 11 is 0. The van der Waals surface area contributed by atoms with Crippen molar-refractivity contribution in [2.45, 2.75) is 12.8 Å². The summed E-state index contributed by atoms with van der Waals surface area (Å²) in [5.74, 6) is 0. The van der Waals surface area contributed by atoms with E-state index in [1.165, 1.54) is 24.2 Å². The Morgan fingerprint density at radius 2 is 1.81 bits per heavy atom. The molecule has 2 heteroatoms. The lowest BCUT2D eigenvalue weighted by molar-refractivity contribution is 0.410. The molecule has 0 spiro atoms. The SMILES string of the molecule is C1=CC2=C(N3C=CCCC3)C=CCN2C=C1. The lowest BCUT2D eigenvalue weighted by Gasteiger charge is -2.33. The van der Waals surface area contributed by atoms with Crippen LogP contribution in [0.5, 0.6) is 0 Å². The van der Waals surface area contributed by atoms with Gasteiger partial charge in [-0.3, -0.25) is 0 Å². The minimum atomic E-state index is 0.983. The molecule has 0 saturated carbocycles. The van der Waals surface area contributed by atoms with Gasteiger partial charge in [0.2, 0.25) is 0 Å². The van der Waals surface area contributed by atoms with Crippen molar-refractivity contribution in [3.05, 3.63) is 60.3 Å². The van der Waals surface area contributed by atoms with E-state index in [9.17, 15) is 0 Å². The zero-order valence-electron chi connectivity index (χ0n) is 9.34. The summed E-state index contributed by atoms with van der Waals surface area (Å²) in [6, 6.07) is 0. The van der Waals surface area contributed by atoms with Gasteiger partial charge in [-0.2, -0.15) is 0 Å². The summed E-state index contributed by atoms with van der Waals surface area (Å²) in [5.41, 5.74) is 2.64. The highest BCUT2D eigenvalue weighted by atomic mass is 15.2. The van der Waals surface area contributed by atoms with E-state index in [1.807, 2.05) is 0 Å². The highest BCUT2D eigenvalue weighted by Gasteiger charge is 2.18. The van der Waals surface area contributed by atoms with E-state index in [1.54, 1.807) is 0 Å². The first-order valence-corrected chi connectivity index (χ1v) is 5.91. The summed E-state index contributed by atoms with van der Waals surface area (Å²) < 4.78 is 0. The Hall–Kier alpha value is -1.70. The Morgan fingerprint density at radius 3 is 2.69 bits per heavy atom. The van der Waals surface area contributed by atoms with E-state index in [-0.39, 0.29) is 0 Å². The lowest BCUT2D eigenvalue weighted by Crippen LogP contribution is -2.29. The number of hydrogen-bond donors (Lipinski definition) is 0. The molecule has 0 aromatic carbocycles. The molecule has 3 aliphatic rings. The number of allylic oxidation sites excluding steroid dienone is 5. The van der Waals surface area contributed by atoms with Gasteiger partial charge in [-0.25, -0.2) is 0 Å². The first-order chi connectivity index (χ1) is 7.95. The van der Waals surface area contributed by atoms with Crippen molar-refractivity contribution in [2.24, 2.45) is 0 Å². The molecule has 0 N–H and O–H groups in total. The standard InChI is InChI=1S/C14H16N2/c1-3-9-15(10-4-1)14-8-6-12-16-11-5-2-7-13(14)16/h2-3,5-9,11H,1,4,10,12H2. The number of rotatable bonds is 1. The van der Waals surface area contributed by atoms with Gasteiger partial charge in [0.25, 0.3) is 0 Å². The highest BCUT2D eigenvalue weighted by molar-refractivity contribution is 5.40. The maximum absolute atomic E-state index is 2.35. The minimum Gasteiger partial charge on any atom is -0.347 e. The van der Waals surface area contributed by atoms with Crippen LogP contribution < -0.4 is 0 Å². The average molecular weight is 212 g/mol. The Bertz CT molecular complexity index is 424. The van der Waals surface area contributed by atoms with Crippen molar-refractivity contribution in [3.63, 3.8) is 0 Å². The Kier molecular flexibility index (Phi) is 2.41. The second-order valence-corrected chi connectivity index (χ2v) is 4.25. The molecule has 0 unspecified atom stereocenters. The van der Waals surface area contributed by atoms with Crippen LogP contribution in [0.25, 0.3) is 0 Å². The van der Waals surface area contributed by atoms with Crippen LogP contribution in [-0.2, 0) is 0 Å². The van der Waals surface area contributed by atoms with Crippen LogP contribution in [0.3, 0.4) is 0 Å². The molecule has 0 amide bonds. The first-order valence-electron chi connectivity index (χ1n) is 5.91. The van der Waals surface area contributed by atoms with Gasteiger partial charge in [0, 0.05) is 25.5 Å². The molecule has 0 saturated heterocycles. The molecule has 0 atom stereocenters. The largest absolute Gasteiger partial charge is 0.347 e. The molecular weight excluding hydrogens is 196 g/mol. The number of hydrogen-bond acceptors (Lipinski definition) is 2. The molecule has 0 aromatic heterocycles. The molecule has 0 aliphatic carbocycles. The fourth-order valence-electron chi connectivity index (χ4n) is 2.33. The van der Waals surface area contributed by atoms with Crippen molar-refractivity contribution >= 4 is 0 Å². The normalized spacial score (nSPS) is 23.0. The van der Waals surface area contributed by atoms with Crippen LogP contribution in [0.4, 0.5) is 0 Å². The fourth-order valence-corrected chi connectivity index (χ4v) is 2.33. The van der Waals surface area contributed by atoms with E-state index < -0.39 is 0 Å². The molecule has 16 heavy (non-hydrogen) atoms. The van der Waals surface area contributed by atoms with Gasteiger partial charge in [0.1, 0.15) is 0 Å². The molecule has 0 fully saturated rings. The van der Waals surface area contributed by atoms with Crippen molar-refractivity contribution in [1.82, 2.24) is 9.80 Å². The van der Waals surface area contributed by atoms with E-state index in [0.717, 1.165) is 13.1 Å². The van der Waals surface area contributed by atoms with Crippen LogP contribution >= 0.6 is 0 Å². The van der Waals surface area contributed by atoms with Gasteiger partial charge < -0.3 is 9.80 Å². The Balaban J connectivity index is 1.97. The number of nitrogens with zero attached hydrogens (tertiary/aromatic N) is 2. The first kappa shape index (κ1) is 9.52. The van der Waals surface area contributed by atoms with Crippen LogP contribution in [0.1, 0.15) is 12.8 Å². The monoisotopic (exact) mass is 212 g/mol. The van der Waals surface area contributed by atoms with Crippen LogP contribution in [0, 0.1) is 0 Å². The summed E-state index contributed by atoms with van der Waals surface area (Å²) in [7, 11) is 0. The average Bonchev–Trinajstić information content (AvgIpc) is 2.39. The van der Waals surface area contributed by atoms with Crippen LogP contribution in [-0.4, -0.2) is 22.9 Å². The van der Waals surface area contributed by atoms with Gasteiger partial charge in [-0.1, -0.05) is 18.2 Å². The minimum absolute atomic E-state index is 0.983. The van der Waals surface area contributed by atoms with Crippen molar-refractivity contribution in [2.75, 3.05) is 13.1 Å². The number of fused-ring (bicyclic) bond motifs is 1. The topological polar surface area (TPSA) is 6.48 Å². The molecule has 3 rings (SSSR count). The van der Waals surface area contributed by atoms with Gasteiger partial charge in [-0.05, 0) is 31.1 Å². The highest BCUT2D eigenvalue weighted by Crippen LogP contribution is 2.25. The molecular formula is C14H16N2. The molecule has 3 aliphatic heterocycles. The zero-order chi connectivity index (χ0) is 10.8. The molecule has 0 radical (unpaired) electrons. The smallest absolute Gasteiger partial charge is 0.0650 e. The third kappa shape index (κ3) is 1.60. The molecule has 2 nitrogen and oxygen atoms in total. The van der Waals surface area contributed by atoms with E-state index in [2.05, 4.69) is 58.7 Å². The van der Waals surface area contributed by atoms with Gasteiger partial charge >= 0.3 is 0 Å². The lowest BCUT2D eigenvalue weighted by atomic mass is 10.1. The summed E-state index contributed by atoms with van der Waals surface area (Å²) in [6.07, 6.45) is 19.9. The second kappa shape index (κ2) is 4.05. The van der Waals surface area contributed by atoms with Crippen molar-refractivity contribution < 1.29 is 0 Å². The summed E-state index contributed by atoms with van der Waals surface area (Å²) in [6.45, 7) is 2.11. The van der Waals surface area contributed by atoms with E-state index in [4.69, 9.17) is 0 Å². The predicted octanol–water partition coefficient (Wildman–Crippen LogP) is 2.76. The summed E-state index contributed by atoms with van der Waals surface area (Å²) in [4.78, 5) is 4.64. The van der Waals surface area contributed by atoms with Gasteiger partial charge in [-0.15, -0.1) is 0 Å². The summed E-state index contributed by atoms with van der Waals surface area (Å²) in [5, 5.41) is 0. The zero-order valence-corrected chi connectivity index (χ0v) is 9.34. The van der Waals surface area contributed by atoms with E-state index in [0.29, 0.717) is 0 Å². The van der Waals surface area contributed by atoms with E-state index >= 15 is 0 Å². The van der Waals surface area contributed by atoms with Crippen LogP contribution in [0.2, 0.25) is 0 Å². The quantitative estimate of drug-likeness (QED) is 0.659. The second-order valence-electron chi connectivity index (χ2n) is 4.25. The predicted molar refractivity (Wildman–Crippen MR) is 66.2 cm³/mol. The van der Waals surface area contributed by atoms with Crippen LogP contribution in [0.15, 0.2) is 60.3 Å². The maximum atomic E-state index is 2.35. The Labute approximate surface area is 96.5 Å². The Morgan fingerprint density at radius 1 is 0.875 bits per heavy atom.